The molecule has 0 aromatic carbocycles. The average molecular weight is 181 g/mol. The van der Waals surface area contributed by atoms with E-state index in [1.807, 2.05) is 6.07 Å². The monoisotopic (exact) mass is 181 g/mol. The Hall–Kier alpha value is -0.870. The Morgan fingerprint density at radius 2 is 2.62 bits per heavy atom. The zero-order chi connectivity index (χ0) is 9.10. The van der Waals surface area contributed by atoms with E-state index in [-0.39, 0.29) is 0 Å². The fourth-order valence-electron chi connectivity index (χ4n) is 1.71. The third-order valence-electron chi connectivity index (χ3n) is 2.49. The lowest BCUT2D eigenvalue weighted by Crippen LogP contribution is -2.28. The maximum absolute atomic E-state index is 5.45. The molecule has 72 valence electrons. The van der Waals surface area contributed by atoms with Gasteiger partial charge in [-0.3, -0.25) is 0 Å². The molecule has 3 N–H and O–H groups in total. The quantitative estimate of drug-likeness (QED) is 0.701. The van der Waals surface area contributed by atoms with Crippen molar-refractivity contribution in [3.63, 3.8) is 0 Å². The van der Waals surface area contributed by atoms with E-state index in [9.17, 15) is 0 Å². The van der Waals surface area contributed by atoms with Gasteiger partial charge in [0.1, 0.15) is 5.76 Å². The smallest absolute Gasteiger partial charge is 0.141 e. The number of hydrogen-bond acceptors (Lipinski definition) is 4. The molecule has 1 aliphatic rings. The summed E-state index contributed by atoms with van der Waals surface area (Å²) < 4.78 is 5.22. The van der Waals surface area contributed by atoms with Crippen LogP contribution in [0.3, 0.4) is 0 Å². The van der Waals surface area contributed by atoms with E-state index in [0.29, 0.717) is 12.5 Å². The molecule has 0 bridgehead atoms. The van der Waals surface area contributed by atoms with Crippen LogP contribution in [-0.2, 0) is 6.54 Å². The van der Waals surface area contributed by atoms with Gasteiger partial charge in [-0.1, -0.05) is 5.16 Å². The van der Waals surface area contributed by atoms with Crippen molar-refractivity contribution in [1.29, 1.82) is 0 Å². The Morgan fingerprint density at radius 3 is 3.23 bits per heavy atom. The molecule has 13 heavy (non-hydrogen) atoms. The lowest BCUT2D eigenvalue weighted by molar-refractivity contribution is 0.326. The van der Waals surface area contributed by atoms with Crippen LogP contribution >= 0.6 is 0 Å². The average Bonchev–Trinajstić information content (AvgIpc) is 2.67. The van der Waals surface area contributed by atoms with Gasteiger partial charge >= 0.3 is 0 Å². The fraction of sp³-hybridized carbons (Fsp3) is 0.667. The van der Waals surface area contributed by atoms with Gasteiger partial charge in [0.05, 0.1) is 5.69 Å². The van der Waals surface area contributed by atoms with Crippen LogP contribution in [0.4, 0.5) is 0 Å². The standard InChI is InChI=1S/C9H15N3O/c10-5-8-4-9(13-12-8)7-2-1-3-11-6-7/h4,7,11H,1-3,5-6,10H2. The number of aromatic nitrogens is 1. The van der Waals surface area contributed by atoms with Crippen LogP contribution in [0.15, 0.2) is 10.6 Å². The van der Waals surface area contributed by atoms with Crippen molar-refractivity contribution in [2.75, 3.05) is 13.1 Å². The molecule has 2 heterocycles. The van der Waals surface area contributed by atoms with Crippen LogP contribution in [0.5, 0.6) is 0 Å². The minimum Gasteiger partial charge on any atom is -0.361 e. The lowest BCUT2D eigenvalue weighted by Gasteiger charge is -2.19. The minimum atomic E-state index is 0.462. The molecular weight excluding hydrogens is 166 g/mol. The molecule has 4 heteroatoms. The third-order valence-corrected chi connectivity index (χ3v) is 2.49. The SMILES string of the molecule is NCc1cc(C2CCCNC2)on1. The lowest BCUT2D eigenvalue weighted by atomic mass is 9.97. The molecule has 4 nitrogen and oxygen atoms in total. The third kappa shape index (κ3) is 1.89. The molecule has 1 fully saturated rings. The van der Waals surface area contributed by atoms with Crippen molar-refractivity contribution in [3.05, 3.63) is 17.5 Å². The van der Waals surface area contributed by atoms with Crippen LogP contribution in [0, 0.1) is 0 Å². The first-order valence-electron chi connectivity index (χ1n) is 4.76. The summed E-state index contributed by atoms with van der Waals surface area (Å²) in [6.07, 6.45) is 2.40. The maximum Gasteiger partial charge on any atom is 0.141 e. The number of nitrogens with two attached hydrogens (primary N) is 1. The van der Waals surface area contributed by atoms with E-state index in [4.69, 9.17) is 10.3 Å². The second kappa shape index (κ2) is 3.89. The van der Waals surface area contributed by atoms with E-state index in [2.05, 4.69) is 10.5 Å². The summed E-state index contributed by atoms with van der Waals surface area (Å²) in [5.41, 5.74) is 6.30. The highest BCUT2D eigenvalue weighted by Crippen LogP contribution is 2.23. The molecule has 1 aromatic heterocycles. The first kappa shape index (κ1) is 8.72. The molecule has 1 atom stereocenters. The van der Waals surface area contributed by atoms with Crippen LogP contribution in [-0.4, -0.2) is 18.2 Å². The first-order chi connectivity index (χ1) is 6.40. The van der Waals surface area contributed by atoms with Gasteiger partial charge in [-0.2, -0.15) is 0 Å². The van der Waals surface area contributed by atoms with Gasteiger partial charge in [0.25, 0.3) is 0 Å². The minimum absolute atomic E-state index is 0.462. The first-order valence-corrected chi connectivity index (χ1v) is 4.76. The predicted molar refractivity (Wildman–Crippen MR) is 49.2 cm³/mol. The second-order valence-electron chi connectivity index (χ2n) is 3.47. The normalized spacial score (nSPS) is 23.3. The molecule has 1 saturated heterocycles. The zero-order valence-electron chi connectivity index (χ0n) is 7.62. The van der Waals surface area contributed by atoms with Crippen LogP contribution in [0.2, 0.25) is 0 Å². The molecule has 0 saturated carbocycles. The molecule has 1 unspecified atom stereocenters. The molecule has 0 aliphatic carbocycles. The molecule has 0 amide bonds. The highest BCUT2D eigenvalue weighted by Gasteiger charge is 2.19. The molecule has 1 aromatic rings. The van der Waals surface area contributed by atoms with Crippen molar-refractivity contribution in [2.24, 2.45) is 5.73 Å². The Morgan fingerprint density at radius 1 is 1.69 bits per heavy atom. The summed E-state index contributed by atoms with van der Waals surface area (Å²) >= 11 is 0. The summed E-state index contributed by atoms with van der Waals surface area (Å²) in [6, 6.07) is 1.97. The van der Waals surface area contributed by atoms with Gasteiger partial charge < -0.3 is 15.6 Å². The number of nitrogens with zero attached hydrogens (tertiary/aromatic N) is 1. The van der Waals surface area contributed by atoms with Crippen molar-refractivity contribution >= 4 is 0 Å². The Bertz CT molecular complexity index is 266. The van der Waals surface area contributed by atoms with E-state index in [1.54, 1.807) is 0 Å². The predicted octanol–water partition coefficient (Wildman–Crippen LogP) is 0.600. The number of hydrogen-bond donors (Lipinski definition) is 2. The summed E-state index contributed by atoms with van der Waals surface area (Å²) in [5, 5.41) is 7.22. The largest absolute Gasteiger partial charge is 0.361 e. The summed E-state index contributed by atoms with van der Waals surface area (Å²) in [5.74, 6) is 1.47. The van der Waals surface area contributed by atoms with Gasteiger partial charge in [-0.15, -0.1) is 0 Å². The molecule has 0 radical (unpaired) electrons. The number of nitrogens with one attached hydrogen (secondary N) is 1. The highest BCUT2D eigenvalue weighted by molar-refractivity contribution is 5.10. The topological polar surface area (TPSA) is 64.1 Å². The molecule has 1 aliphatic heterocycles. The number of piperidine rings is 1. The Balaban J connectivity index is 2.05. The van der Waals surface area contributed by atoms with Crippen molar-refractivity contribution in [2.45, 2.75) is 25.3 Å². The van der Waals surface area contributed by atoms with E-state index >= 15 is 0 Å². The Kier molecular flexibility index (Phi) is 2.61. The highest BCUT2D eigenvalue weighted by atomic mass is 16.5. The van der Waals surface area contributed by atoms with Crippen LogP contribution < -0.4 is 11.1 Å². The summed E-state index contributed by atoms with van der Waals surface area (Å²) in [7, 11) is 0. The van der Waals surface area contributed by atoms with E-state index in [1.165, 1.54) is 12.8 Å². The van der Waals surface area contributed by atoms with E-state index in [0.717, 1.165) is 24.5 Å². The summed E-state index contributed by atoms with van der Waals surface area (Å²) in [4.78, 5) is 0. The second-order valence-corrected chi connectivity index (χ2v) is 3.47. The maximum atomic E-state index is 5.45. The Labute approximate surface area is 77.5 Å². The zero-order valence-corrected chi connectivity index (χ0v) is 7.62. The van der Waals surface area contributed by atoms with Crippen molar-refractivity contribution < 1.29 is 4.52 Å². The van der Waals surface area contributed by atoms with Crippen molar-refractivity contribution in [3.8, 4) is 0 Å². The fourth-order valence-corrected chi connectivity index (χ4v) is 1.71. The van der Waals surface area contributed by atoms with E-state index < -0.39 is 0 Å². The van der Waals surface area contributed by atoms with Gasteiger partial charge in [-0.25, -0.2) is 0 Å². The van der Waals surface area contributed by atoms with Gasteiger partial charge in [-0.05, 0) is 19.4 Å². The summed E-state index contributed by atoms with van der Waals surface area (Å²) in [6.45, 7) is 2.58. The molecular formula is C9H15N3O. The van der Waals surface area contributed by atoms with Crippen molar-refractivity contribution in [1.82, 2.24) is 10.5 Å². The van der Waals surface area contributed by atoms with Crippen LogP contribution in [0.25, 0.3) is 0 Å². The number of rotatable bonds is 2. The van der Waals surface area contributed by atoms with Gasteiger partial charge in [0.15, 0.2) is 0 Å². The van der Waals surface area contributed by atoms with Crippen LogP contribution in [0.1, 0.15) is 30.2 Å². The van der Waals surface area contributed by atoms with Gasteiger partial charge in [0.2, 0.25) is 0 Å². The molecule has 2 rings (SSSR count). The van der Waals surface area contributed by atoms with Gasteiger partial charge in [0, 0.05) is 25.1 Å². The molecule has 0 spiro atoms.